The van der Waals surface area contributed by atoms with Crippen molar-refractivity contribution in [3.63, 3.8) is 0 Å². The second kappa shape index (κ2) is 3.37. The lowest BCUT2D eigenvalue weighted by Crippen LogP contribution is -1.99. The fraction of sp³-hybridized carbons (Fsp3) is 0.571. The smallest absolute Gasteiger partial charge is 0.148 e. The Hall–Kier alpha value is -1.06. The number of anilines is 1. The quantitative estimate of drug-likeness (QED) is 0.714. The molecule has 0 spiro atoms. The third kappa shape index (κ3) is 1.93. The molecule has 0 unspecified atom stereocenters. The summed E-state index contributed by atoms with van der Waals surface area (Å²) in [5, 5.41) is 3.98. The van der Waals surface area contributed by atoms with Crippen LogP contribution in [-0.4, -0.2) is 16.5 Å². The lowest BCUT2D eigenvalue weighted by molar-refractivity contribution is 0.435. The minimum Gasteiger partial charge on any atom is -0.382 e. The first kappa shape index (κ1) is 8.04. The van der Waals surface area contributed by atoms with E-state index < -0.39 is 0 Å². The number of halogens is 1. The largest absolute Gasteiger partial charge is 0.382 e. The van der Waals surface area contributed by atoms with Crippen molar-refractivity contribution >= 4 is 5.82 Å². The summed E-state index contributed by atoms with van der Waals surface area (Å²) in [7, 11) is 0. The van der Waals surface area contributed by atoms with Gasteiger partial charge in [-0.1, -0.05) is 0 Å². The average Bonchev–Trinajstić information content (AvgIpc) is 2.28. The van der Waals surface area contributed by atoms with Crippen LogP contribution in [0.1, 0.15) is 12.0 Å². The molecule has 1 aromatic rings. The van der Waals surface area contributed by atoms with Gasteiger partial charge in [0.25, 0.3) is 0 Å². The highest BCUT2D eigenvalue weighted by molar-refractivity contribution is 5.35. The number of nitrogens with two attached hydrogens (primary N) is 1. The molecule has 11 heavy (non-hydrogen) atoms. The first-order valence-electron chi connectivity index (χ1n) is 3.59. The van der Waals surface area contributed by atoms with Crippen LogP contribution in [0.15, 0.2) is 6.20 Å². The lowest BCUT2D eigenvalue weighted by Gasteiger charge is -1.95. The van der Waals surface area contributed by atoms with Crippen molar-refractivity contribution in [3.05, 3.63) is 11.8 Å². The minimum absolute atomic E-state index is 0.307. The Morgan fingerprint density at radius 1 is 1.73 bits per heavy atom. The third-order valence-corrected chi connectivity index (χ3v) is 1.50. The molecule has 0 aliphatic rings. The van der Waals surface area contributed by atoms with Crippen molar-refractivity contribution in [2.24, 2.45) is 0 Å². The van der Waals surface area contributed by atoms with Gasteiger partial charge in [-0.15, -0.1) is 0 Å². The first-order valence-corrected chi connectivity index (χ1v) is 3.59. The highest BCUT2D eigenvalue weighted by Gasteiger charge is 1.98. The molecule has 0 amide bonds. The maximum Gasteiger partial charge on any atom is 0.148 e. The van der Waals surface area contributed by atoms with Crippen LogP contribution in [0.25, 0.3) is 0 Å². The van der Waals surface area contributed by atoms with Crippen molar-refractivity contribution in [1.82, 2.24) is 9.78 Å². The Labute approximate surface area is 65.0 Å². The molecule has 0 atom stereocenters. The molecule has 1 rings (SSSR count). The number of nitrogens with zero attached hydrogens (tertiary/aromatic N) is 2. The second-order valence-corrected chi connectivity index (χ2v) is 2.50. The van der Waals surface area contributed by atoms with E-state index in [9.17, 15) is 4.39 Å². The SMILES string of the molecule is Cc1cn(CCCF)nc1N. The normalized spacial score (nSPS) is 10.4. The Kier molecular flexibility index (Phi) is 2.46. The number of rotatable bonds is 3. The maximum absolute atomic E-state index is 11.7. The molecule has 0 bridgehead atoms. The summed E-state index contributed by atoms with van der Waals surface area (Å²) < 4.78 is 13.4. The van der Waals surface area contributed by atoms with E-state index in [1.54, 1.807) is 4.68 Å². The Morgan fingerprint density at radius 2 is 2.45 bits per heavy atom. The van der Waals surface area contributed by atoms with Crippen molar-refractivity contribution in [1.29, 1.82) is 0 Å². The topological polar surface area (TPSA) is 43.8 Å². The number of aromatic nitrogens is 2. The van der Waals surface area contributed by atoms with E-state index in [1.807, 2.05) is 13.1 Å². The predicted octanol–water partition coefficient (Wildman–Crippen LogP) is 1.13. The van der Waals surface area contributed by atoms with Crippen LogP contribution in [0.5, 0.6) is 0 Å². The standard InChI is InChI=1S/C7H12FN3/c1-6-5-11(4-2-3-8)10-7(6)9/h5H,2-4H2,1H3,(H2,9,10). The summed E-state index contributed by atoms with van der Waals surface area (Å²) in [5.74, 6) is 0.531. The van der Waals surface area contributed by atoms with Gasteiger partial charge in [0.2, 0.25) is 0 Å². The van der Waals surface area contributed by atoms with Gasteiger partial charge < -0.3 is 5.73 Å². The van der Waals surface area contributed by atoms with Gasteiger partial charge in [-0.05, 0) is 13.3 Å². The summed E-state index contributed by atoms with van der Waals surface area (Å²) in [4.78, 5) is 0. The van der Waals surface area contributed by atoms with Crippen LogP contribution < -0.4 is 5.73 Å². The highest BCUT2D eigenvalue weighted by atomic mass is 19.1. The minimum atomic E-state index is -0.307. The molecule has 1 aromatic heterocycles. The predicted molar refractivity (Wildman–Crippen MR) is 42.0 cm³/mol. The zero-order valence-corrected chi connectivity index (χ0v) is 6.55. The Balaban J connectivity index is 2.58. The van der Waals surface area contributed by atoms with E-state index in [4.69, 9.17) is 5.73 Å². The van der Waals surface area contributed by atoms with Crippen LogP contribution >= 0.6 is 0 Å². The molecule has 0 radical (unpaired) electrons. The van der Waals surface area contributed by atoms with E-state index in [0.29, 0.717) is 18.8 Å². The van der Waals surface area contributed by atoms with Crippen molar-refractivity contribution in [3.8, 4) is 0 Å². The molecule has 0 aromatic carbocycles. The molecule has 3 nitrogen and oxygen atoms in total. The van der Waals surface area contributed by atoms with Gasteiger partial charge in [0.15, 0.2) is 0 Å². The van der Waals surface area contributed by atoms with E-state index in [2.05, 4.69) is 5.10 Å². The zero-order valence-electron chi connectivity index (χ0n) is 6.55. The first-order chi connectivity index (χ1) is 5.24. The molecule has 2 N–H and O–H groups in total. The summed E-state index contributed by atoms with van der Waals surface area (Å²) in [6.45, 7) is 2.18. The van der Waals surface area contributed by atoms with Crippen molar-refractivity contribution < 1.29 is 4.39 Å². The maximum atomic E-state index is 11.7. The third-order valence-electron chi connectivity index (χ3n) is 1.50. The van der Waals surface area contributed by atoms with E-state index >= 15 is 0 Å². The Bertz CT molecular complexity index is 212. The van der Waals surface area contributed by atoms with Crippen LogP contribution in [-0.2, 0) is 6.54 Å². The fourth-order valence-electron chi connectivity index (χ4n) is 0.872. The summed E-state index contributed by atoms with van der Waals surface area (Å²) in [6, 6.07) is 0. The van der Waals surface area contributed by atoms with E-state index in [1.165, 1.54) is 0 Å². The Morgan fingerprint density at radius 3 is 2.91 bits per heavy atom. The zero-order chi connectivity index (χ0) is 8.27. The second-order valence-electron chi connectivity index (χ2n) is 2.50. The lowest BCUT2D eigenvalue weighted by atomic mass is 10.4. The molecule has 62 valence electrons. The van der Waals surface area contributed by atoms with Crippen LogP contribution in [0.3, 0.4) is 0 Å². The molecule has 0 fully saturated rings. The number of alkyl halides is 1. The van der Waals surface area contributed by atoms with Gasteiger partial charge in [0, 0.05) is 18.3 Å². The summed E-state index contributed by atoms with van der Waals surface area (Å²) >= 11 is 0. The van der Waals surface area contributed by atoms with Crippen molar-refractivity contribution in [2.75, 3.05) is 12.4 Å². The van der Waals surface area contributed by atoms with Crippen LogP contribution in [0.4, 0.5) is 10.2 Å². The number of hydrogen-bond donors (Lipinski definition) is 1. The van der Waals surface area contributed by atoms with Crippen LogP contribution in [0, 0.1) is 6.92 Å². The molecule has 0 aliphatic carbocycles. The highest BCUT2D eigenvalue weighted by Crippen LogP contribution is 2.06. The van der Waals surface area contributed by atoms with Gasteiger partial charge in [0.1, 0.15) is 5.82 Å². The van der Waals surface area contributed by atoms with E-state index in [0.717, 1.165) is 5.56 Å². The van der Waals surface area contributed by atoms with Gasteiger partial charge in [-0.25, -0.2) is 0 Å². The molecular weight excluding hydrogens is 145 g/mol. The molecule has 4 heteroatoms. The van der Waals surface area contributed by atoms with Gasteiger partial charge in [0.05, 0.1) is 6.67 Å². The van der Waals surface area contributed by atoms with Gasteiger partial charge in [-0.3, -0.25) is 9.07 Å². The average molecular weight is 157 g/mol. The molecule has 0 saturated carbocycles. The molecule has 1 heterocycles. The number of nitrogen functional groups attached to an aromatic ring is 1. The molecule has 0 saturated heterocycles. The summed E-state index contributed by atoms with van der Waals surface area (Å²) in [5.41, 5.74) is 6.43. The van der Waals surface area contributed by atoms with Gasteiger partial charge >= 0.3 is 0 Å². The van der Waals surface area contributed by atoms with Crippen LogP contribution in [0.2, 0.25) is 0 Å². The summed E-state index contributed by atoms with van der Waals surface area (Å²) in [6.07, 6.45) is 2.32. The fourth-order valence-corrected chi connectivity index (χ4v) is 0.872. The van der Waals surface area contributed by atoms with Gasteiger partial charge in [-0.2, -0.15) is 5.10 Å². The van der Waals surface area contributed by atoms with E-state index in [-0.39, 0.29) is 6.67 Å². The monoisotopic (exact) mass is 157 g/mol. The molecular formula is C7H12FN3. The number of aryl methyl sites for hydroxylation is 2. The molecule has 0 aliphatic heterocycles. The van der Waals surface area contributed by atoms with Crippen molar-refractivity contribution in [2.45, 2.75) is 19.9 Å². The number of hydrogen-bond acceptors (Lipinski definition) is 2.